The molecule has 0 saturated carbocycles. The first-order chi connectivity index (χ1) is 9.75. The number of benzene rings is 1. The number of nitrogens with one attached hydrogen (secondary N) is 2. The summed E-state index contributed by atoms with van der Waals surface area (Å²) in [5.74, 6) is -1.42. The Morgan fingerprint density at radius 3 is 2.57 bits per heavy atom. The predicted octanol–water partition coefficient (Wildman–Crippen LogP) is 2.03. The maximum Gasteiger partial charge on any atom is 0.337 e. The molecule has 1 rings (SSSR count). The standard InChI is InChI=1S/C14H20N2O5/c1-4-21-14(2,3)8-15-13(20)16-11-6-5-9(17)7-10(11)12(18)19/h5-7,17H,4,8H2,1-3H3,(H,18,19)(H2,15,16,20). The lowest BCUT2D eigenvalue weighted by Crippen LogP contribution is -2.42. The van der Waals surface area contributed by atoms with Crippen LogP contribution in [-0.2, 0) is 4.74 Å². The highest BCUT2D eigenvalue weighted by Crippen LogP contribution is 2.21. The van der Waals surface area contributed by atoms with E-state index in [4.69, 9.17) is 9.84 Å². The Kier molecular flexibility index (Phi) is 5.54. The van der Waals surface area contributed by atoms with Crippen LogP contribution in [0.5, 0.6) is 5.75 Å². The molecule has 1 aromatic rings. The van der Waals surface area contributed by atoms with E-state index >= 15 is 0 Å². The molecule has 0 saturated heterocycles. The number of carbonyl (C=O) groups excluding carboxylic acids is 1. The molecular formula is C14H20N2O5. The van der Waals surface area contributed by atoms with E-state index < -0.39 is 17.6 Å². The van der Waals surface area contributed by atoms with E-state index in [1.165, 1.54) is 12.1 Å². The highest BCUT2D eigenvalue weighted by atomic mass is 16.5. The Labute approximate surface area is 122 Å². The van der Waals surface area contributed by atoms with Crippen molar-refractivity contribution in [3.8, 4) is 5.75 Å². The van der Waals surface area contributed by atoms with Crippen molar-refractivity contribution in [3.05, 3.63) is 23.8 Å². The molecule has 0 aromatic heterocycles. The van der Waals surface area contributed by atoms with Gasteiger partial charge in [0.15, 0.2) is 0 Å². The van der Waals surface area contributed by atoms with Gasteiger partial charge in [0.25, 0.3) is 0 Å². The van der Waals surface area contributed by atoms with E-state index in [1.54, 1.807) is 0 Å². The number of amides is 2. The number of aromatic carboxylic acids is 1. The number of anilines is 1. The number of carboxylic acid groups (broad SMARTS) is 1. The molecule has 2 amide bonds. The number of hydrogen-bond donors (Lipinski definition) is 4. The normalized spacial score (nSPS) is 11.0. The van der Waals surface area contributed by atoms with Crippen LogP contribution >= 0.6 is 0 Å². The van der Waals surface area contributed by atoms with E-state index in [2.05, 4.69) is 10.6 Å². The summed E-state index contributed by atoms with van der Waals surface area (Å²) in [5.41, 5.74) is -0.599. The minimum atomic E-state index is -1.24. The molecule has 0 spiro atoms. The quantitative estimate of drug-likeness (QED) is 0.601. The van der Waals surface area contributed by atoms with Crippen molar-refractivity contribution in [2.24, 2.45) is 0 Å². The number of rotatable bonds is 6. The predicted molar refractivity (Wildman–Crippen MR) is 77.8 cm³/mol. The topological polar surface area (TPSA) is 108 Å². The fraction of sp³-hybridized carbons (Fsp3) is 0.429. The van der Waals surface area contributed by atoms with Gasteiger partial charge in [0.1, 0.15) is 5.75 Å². The van der Waals surface area contributed by atoms with E-state index in [0.29, 0.717) is 6.61 Å². The minimum Gasteiger partial charge on any atom is -0.508 e. The molecule has 116 valence electrons. The molecule has 7 heteroatoms. The number of hydrogen-bond acceptors (Lipinski definition) is 4. The van der Waals surface area contributed by atoms with Crippen LogP contribution in [0, 0.1) is 0 Å². The number of phenols is 1. The summed E-state index contributed by atoms with van der Waals surface area (Å²) in [7, 11) is 0. The van der Waals surface area contributed by atoms with Crippen LogP contribution < -0.4 is 10.6 Å². The van der Waals surface area contributed by atoms with Gasteiger partial charge in [-0.05, 0) is 39.0 Å². The molecule has 0 aliphatic carbocycles. The van der Waals surface area contributed by atoms with Crippen molar-refractivity contribution < 1.29 is 24.5 Å². The van der Waals surface area contributed by atoms with Crippen molar-refractivity contribution in [1.29, 1.82) is 0 Å². The zero-order chi connectivity index (χ0) is 16.0. The van der Waals surface area contributed by atoms with Crippen molar-refractivity contribution in [2.75, 3.05) is 18.5 Å². The summed E-state index contributed by atoms with van der Waals surface area (Å²) in [4.78, 5) is 22.8. The van der Waals surface area contributed by atoms with Gasteiger partial charge in [0, 0.05) is 13.2 Å². The van der Waals surface area contributed by atoms with Gasteiger partial charge in [-0.1, -0.05) is 0 Å². The maximum absolute atomic E-state index is 11.8. The molecule has 0 aliphatic rings. The lowest BCUT2D eigenvalue weighted by molar-refractivity contribution is -0.00663. The van der Waals surface area contributed by atoms with Crippen molar-refractivity contribution in [2.45, 2.75) is 26.4 Å². The Balaban J connectivity index is 2.69. The zero-order valence-corrected chi connectivity index (χ0v) is 12.3. The highest BCUT2D eigenvalue weighted by molar-refractivity contribution is 6.00. The van der Waals surface area contributed by atoms with Crippen LogP contribution in [0.15, 0.2) is 18.2 Å². The third-order valence-corrected chi connectivity index (χ3v) is 2.69. The summed E-state index contributed by atoms with van der Waals surface area (Å²) in [6.07, 6.45) is 0. The number of carboxylic acids is 1. The van der Waals surface area contributed by atoms with Crippen LogP contribution in [0.25, 0.3) is 0 Å². The van der Waals surface area contributed by atoms with Crippen LogP contribution in [0.1, 0.15) is 31.1 Å². The first kappa shape index (κ1) is 16.8. The maximum atomic E-state index is 11.8. The summed E-state index contributed by atoms with van der Waals surface area (Å²) >= 11 is 0. The molecule has 1 aromatic carbocycles. The van der Waals surface area contributed by atoms with Gasteiger partial charge in [-0.25, -0.2) is 9.59 Å². The van der Waals surface area contributed by atoms with Crippen LogP contribution in [0.3, 0.4) is 0 Å². The average molecular weight is 296 g/mol. The van der Waals surface area contributed by atoms with Crippen LogP contribution in [0.2, 0.25) is 0 Å². The number of phenolic OH excluding ortho intramolecular Hbond substituents is 1. The second-order valence-electron chi connectivity index (χ2n) is 5.04. The SMILES string of the molecule is CCOC(C)(C)CNC(=O)Nc1ccc(O)cc1C(=O)O. The van der Waals surface area contributed by atoms with Crippen molar-refractivity contribution in [1.82, 2.24) is 5.32 Å². The molecule has 0 atom stereocenters. The van der Waals surface area contributed by atoms with Gasteiger partial charge in [-0.15, -0.1) is 0 Å². The third-order valence-electron chi connectivity index (χ3n) is 2.69. The fourth-order valence-corrected chi connectivity index (χ4v) is 1.72. The number of ether oxygens (including phenoxy) is 1. The second-order valence-corrected chi connectivity index (χ2v) is 5.04. The molecule has 21 heavy (non-hydrogen) atoms. The van der Waals surface area contributed by atoms with Crippen LogP contribution in [-0.4, -0.2) is 41.0 Å². The minimum absolute atomic E-state index is 0.104. The Bertz CT molecular complexity index is 528. The number of carbonyl (C=O) groups is 2. The second kappa shape index (κ2) is 6.94. The number of urea groups is 1. The van der Waals surface area contributed by atoms with Gasteiger partial charge in [0.2, 0.25) is 0 Å². The van der Waals surface area contributed by atoms with Crippen molar-refractivity contribution >= 4 is 17.7 Å². The van der Waals surface area contributed by atoms with E-state index in [1.807, 2.05) is 20.8 Å². The summed E-state index contributed by atoms with van der Waals surface area (Å²) in [5, 5.41) is 23.4. The molecular weight excluding hydrogens is 276 g/mol. The van der Waals surface area contributed by atoms with Gasteiger partial charge in [0.05, 0.1) is 16.9 Å². The summed E-state index contributed by atoms with van der Waals surface area (Å²) in [6, 6.07) is 3.15. The monoisotopic (exact) mass is 296 g/mol. The Morgan fingerprint density at radius 2 is 2.00 bits per heavy atom. The zero-order valence-electron chi connectivity index (χ0n) is 12.3. The lowest BCUT2D eigenvalue weighted by atomic mass is 10.1. The first-order valence-electron chi connectivity index (χ1n) is 6.50. The Hall–Kier alpha value is -2.28. The molecule has 0 heterocycles. The van der Waals surface area contributed by atoms with Gasteiger partial charge in [-0.3, -0.25) is 0 Å². The highest BCUT2D eigenvalue weighted by Gasteiger charge is 2.19. The molecule has 0 bridgehead atoms. The summed E-state index contributed by atoms with van der Waals surface area (Å²) < 4.78 is 5.44. The molecule has 7 nitrogen and oxygen atoms in total. The van der Waals surface area contributed by atoms with E-state index in [-0.39, 0.29) is 23.5 Å². The number of aromatic hydroxyl groups is 1. The Morgan fingerprint density at radius 1 is 1.33 bits per heavy atom. The molecule has 0 radical (unpaired) electrons. The summed E-state index contributed by atoms with van der Waals surface area (Å²) in [6.45, 7) is 6.32. The van der Waals surface area contributed by atoms with Gasteiger partial charge >= 0.3 is 12.0 Å². The molecule has 0 fully saturated rings. The van der Waals surface area contributed by atoms with E-state index in [9.17, 15) is 14.7 Å². The largest absolute Gasteiger partial charge is 0.508 e. The van der Waals surface area contributed by atoms with Gasteiger partial charge < -0.3 is 25.6 Å². The van der Waals surface area contributed by atoms with Gasteiger partial charge in [-0.2, -0.15) is 0 Å². The molecule has 4 N–H and O–H groups in total. The molecule has 0 aliphatic heterocycles. The fourth-order valence-electron chi connectivity index (χ4n) is 1.72. The van der Waals surface area contributed by atoms with Crippen molar-refractivity contribution in [3.63, 3.8) is 0 Å². The van der Waals surface area contributed by atoms with Crippen LogP contribution in [0.4, 0.5) is 10.5 Å². The smallest absolute Gasteiger partial charge is 0.337 e. The first-order valence-corrected chi connectivity index (χ1v) is 6.50. The molecule has 0 unspecified atom stereocenters. The lowest BCUT2D eigenvalue weighted by Gasteiger charge is -2.25. The van der Waals surface area contributed by atoms with E-state index in [0.717, 1.165) is 6.07 Å². The average Bonchev–Trinajstić information content (AvgIpc) is 2.38. The third kappa shape index (κ3) is 5.31.